The number of amides is 1. The van der Waals surface area contributed by atoms with Gasteiger partial charge < -0.3 is 23.8 Å². The van der Waals surface area contributed by atoms with Gasteiger partial charge in [-0.05, 0) is 49.1 Å². The van der Waals surface area contributed by atoms with Gasteiger partial charge in [-0.2, -0.15) is 0 Å². The maximum Gasteiger partial charge on any atom is 0.258 e. The van der Waals surface area contributed by atoms with Gasteiger partial charge in [0, 0.05) is 33.4 Å². The summed E-state index contributed by atoms with van der Waals surface area (Å²) in [6, 6.07) is 12.6. The minimum atomic E-state index is -3.50. The number of hydrogen-bond acceptors (Lipinski definition) is 7. The maximum atomic E-state index is 13.4. The lowest BCUT2D eigenvalue weighted by Crippen LogP contribution is -2.41. The van der Waals surface area contributed by atoms with Gasteiger partial charge in [-0.3, -0.25) is 4.79 Å². The standard InChI is InChI=1S/C27H36N2O7S/c1-19-7-5-10-23(33-3)26(19)27(30)29-16-24(34-4)25(17-29)36-22-9-6-8-20(15-22)18-37(31,32)28(2)21-11-13-35-14-12-21/h5-10,15,21,24-25H,11-14,16-18H2,1-4H3/t24-,25-/m1/s1. The van der Waals surface area contributed by atoms with Crippen LogP contribution < -0.4 is 9.47 Å². The monoisotopic (exact) mass is 532 g/mol. The molecule has 9 nitrogen and oxygen atoms in total. The van der Waals surface area contributed by atoms with Crippen LogP contribution in [0.1, 0.15) is 34.3 Å². The van der Waals surface area contributed by atoms with E-state index in [9.17, 15) is 13.2 Å². The van der Waals surface area contributed by atoms with Crippen molar-refractivity contribution < 1.29 is 32.2 Å². The van der Waals surface area contributed by atoms with E-state index in [1.807, 2.05) is 19.1 Å². The average molecular weight is 533 g/mol. The molecule has 2 fully saturated rings. The Morgan fingerprint density at radius 2 is 1.78 bits per heavy atom. The molecule has 37 heavy (non-hydrogen) atoms. The zero-order valence-electron chi connectivity index (χ0n) is 21.9. The van der Waals surface area contributed by atoms with Crippen LogP contribution >= 0.6 is 0 Å². The van der Waals surface area contributed by atoms with Crippen LogP contribution in [0.4, 0.5) is 0 Å². The number of carbonyl (C=O) groups excluding carboxylic acids is 1. The van der Waals surface area contributed by atoms with Gasteiger partial charge in [0.1, 0.15) is 23.7 Å². The molecule has 0 spiro atoms. The quantitative estimate of drug-likeness (QED) is 0.490. The zero-order valence-corrected chi connectivity index (χ0v) is 22.7. The summed E-state index contributed by atoms with van der Waals surface area (Å²) >= 11 is 0. The molecule has 0 bridgehead atoms. The van der Waals surface area contributed by atoms with Crippen LogP contribution in [0.5, 0.6) is 11.5 Å². The Kier molecular flexibility index (Phi) is 8.74. The number of carbonyl (C=O) groups is 1. The smallest absolute Gasteiger partial charge is 0.258 e. The third-order valence-electron chi connectivity index (χ3n) is 7.15. The fourth-order valence-electron chi connectivity index (χ4n) is 4.96. The van der Waals surface area contributed by atoms with E-state index in [1.54, 1.807) is 56.5 Å². The summed E-state index contributed by atoms with van der Waals surface area (Å²) in [4.78, 5) is 15.1. The van der Waals surface area contributed by atoms with Crippen molar-refractivity contribution in [2.45, 2.75) is 43.8 Å². The van der Waals surface area contributed by atoms with E-state index in [0.29, 0.717) is 61.8 Å². The highest BCUT2D eigenvalue weighted by atomic mass is 32.2. The number of rotatable bonds is 9. The first kappa shape index (κ1) is 27.4. The van der Waals surface area contributed by atoms with Crippen molar-refractivity contribution in [3.63, 3.8) is 0 Å². The minimum Gasteiger partial charge on any atom is -0.496 e. The molecule has 2 saturated heterocycles. The number of aryl methyl sites for hydroxylation is 1. The zero-order chi connectivity index (χ0) is 26.6. The first-order valence-corrected chi connectivity index (χ1v) is 14.1. The van der Waals surface area contributed by atoms with Gasteiger partial charge in [-0.25, -0.2) is 12.7 Å². The molecular formula is C27H36N2O7S. The molecule has 0 aliphatic carbocycles. The SMILES string of the molecule is COc1cccc(C)c1C(=O)N1C[C@@H](OC)[C@H](Oc2cccc(CS(=O)(=O)N(C)C3CCOCC3)c2)C1. The third kappa shape index (κ3) is 6.26. The van der Waals surface area contributed by atoms with E-state index in [0.717, 1.165) is 5.56 Å². The van der Waals surface area contributed by atoms with Crippen molar-refractivity contribution in [1.82, 2.24) is 9.21 Å². The largest absolute Gasteiger partial charge is 0.496 e. The molecular weight excluding hydrogens is 496 g/mol. The summed E-state index contributed by atoms with van der Waals surface area (Å²) in [5, 5.41) is 0. The van der Waals surface area contributed by atoms with Crippen molar-refractivity contribution in [2.24, 2.45) is 0 Å². The Labute approximate surface area is 219 Å². The fourth-order valence-corrected chi connectivity index (χ4v) is 6.43. The van der Waals surface area contributed by atoms with Crippen molar-refractivity contribution >= 4 is 15.9 Å². The molecule has 0 aromatic heterocycles. The molecule has 2 aromatic carbocycles. The third-order valence-corrected chi connectivity index (χ3v) is 9.03. The summed E-state index contributed by atoms with van der Waals surface area (Å²) in [5.74, 6) is 0.812. The maximum absolute atomic E-state index is 13.4. The average Bonchev–Trinajstić information content (AvgIpc) is 3.30. The minimum absolute atomic E-state index is 0.0467. The van der Waals surface area contributed by atoms with Gasteiger partial charge in [-0.1, -0.05) is 24.3 Å². The number of likely N-dealkylation sites (tertiary alicyclic amines) is 1. The lowest BCUT2D eigenvalue weighted by atomic mass is 10.1. The number of methoxy groups -OCH3 is 2. The molecule has 10 heteroatoms. The van der Waals surface area contributed by atoms with Crippen LogP contribution in [0.15, 0.2) is 42.5 Å². The van der Waals surface area contributed by atoms with Crippen LogP contribution in [0.3, 0.4) is 0 Å². The molecule has 4 rings (SSSR count). The van der Waals surface area contributed by atoms with Crippen LogP contribution in [0.25, 0.3) is 0 Å². The Balaban J connectivity index is 1.45. The lowest BCUT2D eigenvalue weighted by Gasteiger charge is -2.30. The summed E-state index contributed by atoms with van der Waals surface area (Å²) in [6.45, 7) is 3.75. The highest BCUT2D eigenvalue weighted by Gasteiger charge is 2.38. The molecule has 0 saturated carbocycles. The molecule has 2 aromatic rings. The molecule has 2 aliphatic rings. The Morgan fingerprint density at radius 3 is 2.49 bits per heavy atom. The van der Waals surface area contributed by atoms with E-state index in [2.05, 4.69) is 0 Å². The van der Waals surface area contributed by atoms with Gasteiger partial charge in [0.15, 0.2) is 0 Å². The highest BCUT2D eigenvalue weighted by molar-refractivity contribution is 7.88. The number of benzene rings is 2. The van der Waals surface area contributed by atoms with Gasteiger partial charge >= 0.3 is 0 Å². The molecule has 2 atom stereocenters. The topological polar surface area (TPSA) is 94.6 Å². The second kappa shape index (κ2) is 11.8. The van der Waals surface area contributed by atoms with Gasteiger partial charge in [0.2, 0.25) is 10.0 Å². The normalized spacial score (nSPS) is 20.8. The summed E-state index contributed by atoms with van der Waals surface area (Å²) in [6.07, 6.45) is 0.664. The van der Waals surface area contributed by atoms with E-state index in [-0.39, 0.29) is 23.8 Å². The number of hydrogen-bond donors (Lipinski definition) is 0. The van der Waals surface area contributed by atoms with E-state index in [1.165, 1.54) is 4.31 Å². The Bertz CT molecular complexity index is 1200. The Hall–Kier alpha value is -2.66. The summed E-state index contributed by atoms with van der Waals surface area (Å²) in [7, 11) is 1.29. The second-order valence-electron chi connectivity index (χ2n) is 9.56. The summed E-state index contributed by atoms with van der Waals surface area (Å²) < 4.78 is 50.3. The molecule has 0 unspecified atom stereocenters. The van der Waals surface area contributed by atoms with Crippen molar-refractivity contribution in [2.75, 3.05) is 47.6 Å². The van der Waals surface area contributed by atoms with E-state index >= 15 is 0 Å². The highest BCUT2D eigenvalue weighted by Crippen LogP contribution is 2.28. The van der Waals surface area contributed by atoms with Crippen molar-refractivity contribution in [1.29, 1.82) is 0 Å². The predicted molar refractivity (Wildman–Crippen MR) is 140 cm³/mol. The number of nitrogens with zero attached hydrogens (tertiary/aromatic N) is 2. The van der Waals surface area contributed by atoms with Crippen LogP contribution in [0, 0.1) is 6.92 Å². The first-order valence-electron chi connectivity index (χ1n) is 12.5. The summed E-state index contributed by atoms with van der Waals surface area (Å²) in [5.41, 5.74) is 2.00. The van der Waals surface area contributed by atoms with Crippen molar-refractivity contribution in [3.05, 3.63) is 59.2 Å². The van der Waals surface area contributed by atoms with Gasteiger partial charge in [-0.15, -0.1) is 0 Å². The van der Waals surface area contributed by atoms with Crippen LogP contribution in [0.2, 0.25) is 0 Å². The van der Waals surface area contributed by atoms with E-state index < -0.39 is 16.1 Å². The van der Waals surface area contributed by atoms with Crippen LogP contribution in [-0.2, 0) is 25.2 Å². The number of ether oxygens (including phenoxy) is 4. The fraction of sp³-hybridized carbons (Fsp3) is 0.519. The number of sulfonamides is 1. The molecule has 2 aliphatic heterocycles. The van der Waals surface area contributed by atoms with Crippen molar-refractivity contribution in [3.8, 4) is 11.5 Å². The van der Waals surface area contributed by atoms with Gasteiger partial charge in [0.25, 0.3) is 5.91 Å². The lowest BCUT2D eigenvalue weighted by molar-refractivity contribution is 0.0339. The first-order chi connectivity index (χ1) is 17.7. The van der Waals surface area contributed by atoms with E-state index in [4.69, 9.17) is 18.9 Å². The van der Waals surface area contributed by atoms with Crippen LogP contribution in [-0.4, -0.2) is 89.4 Å². The van der Waals surface area contributed by atoms with Gasteiger partial charge in [0.05, 0.1) is 31.5 Å². The molecule has 0 N–H and O–H groups in total. The molecule has 1 amide bonds. The molecule has 2 heterocycles. The molecule has 202 valence electrons. The Morgan fingerprint density at radius 1 is 1.08 bits per heavy atom. The second-order valence-corrected chi connectivity index (χ2v) is 11.6. The molecule has 0 radical (unpaired) electrons. The predicted octanol–water partition coefficient (Wildman–Crippen LogP) is 2.86.